The number of benzene rings is 2. The zero-order chi connectivity index (χ0) is 23.4. The number of nitrogens with one attached hydrogen (secondary N) is 2. The third kappa shape index (κ3) is 5.24. The lowest BCUT2D eigenvalue weighted by Crippen LogP contribution is -2.47. The Morgan fingerprint density at radius 1 is 1.12 bits per heavy atom. The van der Waals surface area contributed by atoms with Gasteiger partial charge in [0.05, 0.1) is 15.2 Å². The molecule has 2 aromatic carbocycles. The van der Waals surface area contributed by atoms with E-state index in [4.69, 9.17) is 0 Å². The van der Waals surface area contributed by atoms with Gasteiger partial charge in [-0.3, -0.25) is 14.9 Å². The number of rotatable bonds is 8. The molecule has 0 atom stereocenters. The van der Waals surface area contributed by atoms with Crippen molar-refractivity contribution in [2.45, 2.75) is 42.4 Å². The van der Waals surface area contributed by atoms with E-state index in [0.29, 0.717) is 18.4 Å². The molecule has 0 aromatic heterocycles. The predicted molar refractivity (Wildman–Crippen MR) is 119 cm³/mol. The number of nitro benzene ring substituents is 1. The Labute approximate surface area is 186 Å². The minimum atomic E-state index is -3.58. The maximum Gasteiger partial charge on any atom is 0.293 e. The normalized spacial score (nSPS) is 15.7. The molecule has 2 aromatic rings. The van der Waals surface area contributed by atoms with Crippen LogP contribution in [0.4, 0.5) is 15.8 Å². The average Bonchev–Trinajstić information content (AvgIpc) is 2.76. The van der Waals surface area contributed by atoms with Gasteiger partial charge in [-0.25, -0.2) is 12.8 Å². The van der Waals surface area contributed by atoms with Crippen molar-refractivity contribution in [2.24, 2.45) is 0 Å². The van der Waals surface area contributed by atoms with E-state index in [2.05, 4.69) is 10.6 Å². The third-order valence-corrected chi connectivity index (χ3v) is 6.95. The number of halogens is 1. The van der Waals surface area contributed by atoms with Gasteiger partial charge in [-0.15, -0.1) is 0 Å². The zero-order valence-electron chi connectivity index (χ0n) is 17.8. The molecule has 0 unspecified atom stereocenters. The van der Waals surface area contributed by atoms with Gasteiger partial charge in [0, 0.05) is 25.4 Å². The molecule has 0 saturated heterocycles. The molecular formula is C22H26FN3O5S. The Morgan fingerprint density at radius 2 is 1.84 bits per heavy atom. The van der Waals surface area contributed by atoms with E-state index < -0.39 is 20.2 Å². The summed E-state index contributed by atoms with van der Waals surface area (Å²) in [7, 11) is -3.58. The van der Waals surface area contributed by atoms with E-state index in [-0.39, 0.29) is 41.1 Å². The van der Waals surface area contributed by atoms with Crippen molar-refractivity contribution in [3.05, 3.63) is 64.0 Å². The van der Waals surface area contributed by atoms with Crippen LogP contribution in [0.3, 0.4) is 0 Å². The molecule has 1 saturated carbocycles. The first-order chi connectivity index (χ1) is 15.1. The first-order valence-electron chi connectivity index (χ1n) is 10.4. The number of nitrogens with zero attached hydrogens (tertiary/aromatic N) is 1. The zero-order valence-corrected chi connectivity index (χ0v) is 18.6. The number of carbonyl (C=O) groups is 1. The second kappa shape index (κ2) is 9.64. The average molecular weight is 464 g/mol. The van der Waals surface area contributed by atoms with Gasteiger partial charge in [-0.1, -0.05) is 31.4 Å². The SMILES string of the molecule is CS(=O)(=O)c1ccc(NCCNC(=O)C2(c3cccc(F)c3)CCCCC2)c([N+](=O)[O-])c1. The largest absolute Gasteiger partial charge is 0.378 e. The van der Waals surface area contributed by atoms with Crippen LogP contribution in [0, 0.1) is 15.9 Å². The molecular weight excluding hydrogens is 437 g/mol. The molecule has 0 bridgehead atoms. The second-order valence-corrected chi connectivity index (χ2v) is 10.1. The standard InChI is InChI=1S/C22H26FN3O5S/c1-32(30,31)18-8-9-19(20(15-18)26(28)29)24-12-13-25-21(27)22(10-3-2-4-11-22)16-6-5-7-17(23)14-16/h5-9,14-15,24H,2-4,10-13H2,1H3,(H,25,27). The number of sulfone groups is 1. The summed E-state index contributed by atoms with van der Waals surface area (Å²) in [5, 5.41) is 17.1. The Balaban J connectivity index is 1.68. The van der Waals surface area contributed by atoms with Crippen molar-refractivity contribution < 1.29 is 22.5 Å². The fourth-order valence-corrected chi connectivity index (χ4v) is 4.81. The van der Waals surface area contributed by atoms with E-state index in [1.807, 2.05) is 0 Å². The van der Waals surface area contributed by atoms with Crippen molar-refractivity contribution >= 4 is 27.1 Å². The van der Waals surface area contributed by atoms with Gasteiger partial charge in [0.15, 0.2) is 9.84 Å². The molecule has 8 nitrogen and oxygen atoms in total. The molecule has 3 rings (SSSR count). The maximum absolute atomic E-state index is 13.8. The summed E-state index contributed by atoms with van der Waals surface area (Å²) >= 11 is 0. The van der Waals surface area contributed by atoms with Gasteiger partial charge in [0.1, 0.15) is 11.5 Å². The molecule has 1 amide bonds. The minimum absolute atomic E-state index is 0.141. The highest BCUT2D eigenvalue weighted by Gasteiger charge is 2.41. The first kappa shape index (κ1) is 23.6. The smallest absolute Gasteiger partial charge is 0.293 e. The van der Waals surface area contributed by atoms with Crippen LogP contribution in [0.2, 0.25) is 0 Å². The van der Waals surface area contributed by atoms with Crippen LogP contribution in [0.15, 0.2) is 47.4 Å². The lowest BCUT2D eigenvalue weighted by molar-refractivity contribution is -0.384. The summed E-state index contributed by atoms with van der Waals surface area (Å²) in [4.78, 5) is 23.7. The van der Waals surface area contributed by atoms with Crippen molar-refractivity contribution in [1.29, 1.82) is 0 Å². The van der Waals surface area contributed by atoms with Crippen LogP contribution in [-0.2, 0) is 20.0 Å². The summed E-state index contributed by atoms with van der Waals surface area (Å²) in [6, 6.07) is 9.79. The number of nitro groups is 1. The molecule has 1 aliphatic carbocycles. The lowest BCUT2D eigenvalue weighted by atomic mass is 9.68. The summed E-state index contributed by atoms with van der Waals surface area (Å²) in [6.45, 7) is 0.394. The molecule has 0 spiro atoms. The highest BCUT2D eigenvalue weighted by atomic mass is 32.2. The van der Waals surface area contributed by atoms with Crippen LogP contribution < -0.4 is 10.6 Å². The molecule has 10 heteroatoms. The van der Waals surface area contributed by atoms with E-state index in [1.165, 1.54) is 24.3 Å². The van der Waals surface area contributed by atoms with Gasteiger partial charge in [-0.2, -0.15) is 0 Å². The summed E-state index contributed by atoms with van der Waals surface area (Å²) in [5.74, 6) is -0.571. The fourth-order valence-electron chi connectivity index (χ4n) is 4.17. The van der Waals surface area contributed by atoms with Crippen LogP contribution in [-0.4, -0.2) is 38.6 Å². The van der Waals surface area contributed by atoms with Gasteiger partial charge < -0.3 is 10.6 Å². The molecule has 0 radical (unpaired) electrons. The van der Waals surface area contributed by atoms with Crippen molar-refractivity contribution in [1.82, 2.24) is 5.32 Å². The molecule has 1 fully saturated rings. The van der Waals surface area contributed by atoms with Gasteiger partial charge in [0.25, 0.3) is 5.69 Å². The fraction of sp³-hybridized carbons (Fsp3) is 0.409. The van der Waals surface area contributed by atoms with E-state index >= 15 is 0 Å². The number of amides is 1. The first-order valence-corrected chi connectivity index (χ1v) is 12.3. The van der Waals surface area contributed by atoms with Gasteiger partial charge in [0.2, 0.25) is 5.91 Å². The Bertz CT molecular complexity index is 1110. The molecule has 0 aliphatic heterocycles. The molecule has 1 aliphatic rings. The van der Waals surface area contributed by atoms with Crippen LogP contribution in [0.5, 0.6) is 0 Å². The predicted octanol–water partition coefficient (Wildman–Crippen LogP) is 3.57. The monoisotopic (exact) mass is 463 g/mol. The quantitative estimate of drug-likeness (QED) is 0.351. The summed E-state index contributed by atoms with van der Waals surface area (Å²) in [6.07, 6.45) is 5.03. The maximum atomic E-state index is 13.8. The van der Waals surface area contributed by atoms with Crippen molar-refractivity contribution in [3.63, 3.8) is 0 Å². The number of anilines is 1. The number of carbonyl (C=O) groups excluding carboxylic acids is 1. The Kier molecular flexibility index (Phi) is 7.12. The second-order valence-electron chi connectivity index (χ2n) is 8.04. The molecule has 0 heterocycles. The summed E-state index contributed by atoms with van der Waals surface area (Å²) in [5.41, 5.74) is -0.324. The third-order valence-electron chi connectivity index (χ3n) is 5.84. The highest BCUT2D eigenvalue weighted by molar-refractivity contribution is 7.90. The van der Waals surface area contributed by atoms with E-state index in [9.17, 15) is 27.7 Å². The minimum Gasteiger partial charge on any atom is -0.378 e. The topological polar surface area (TPSA) is 118 Å². The van der Waals surface area contributed by atoms with Crippen LogP contribution in [0.1, 0.15) is 37.7 Å². The number of hydrogen-bond acceptors (Lipinski definition) is 6. The lowest BCUT2D eigenvalue weighted by Gasteiger charge is -2.36. The Morgan fingerprint density at radius 3 is 2.47 bits per heavy atom. The van der Waals surface area contributed by atoms with E-state index in [0.717, 1.165) is 31.6 Å². The van der Waals surface area contributed by atoms with Crippen LogP contribution >= 0.6 is 0 Å². The molecule has 172 valence electrons. The Hall–Kier alpha value is -3.01. The van der Waals surface area contributed by atoms with Crippen molar-refractivity contribution in [3.8, 4) is 0 Å². The van der Waals surface area contributed by atoms with Crippen LogP contribution in [0.25, 0.3) is 0 Å². The summed E-state index contributed by atoms with van der Waals surface area (Å²) < 4.78 is 37.1. The van der Waals surface area contributed by atoms with Gasteiger partial charge in [-0.05, 0) is 42.7 Å². The molecule has 2 N–H and O–H groups in total. The van der Waals surface area contributed by atoms with Crippen molar-refractivity contribution in [2.75, 3.05) is 24.7 Å². The molecule has 32 heavy (non-hydrogen) atoms. The van der Waals surface area contributed by atoms with Gasteiger partial charge >= 0.3 is 0 Å². The number of hydrogen-bond donors (Lipinski definition) is 2. The van der Waals surface area contributed by atoms with E-state index in [1.54, 1.807) is 12.1 Å². The highest BCUT2D eigenvalue weighted by Crippen LogP contribution is 2.40.